The van der Waals surface area contributed by atoms with Crippen LogP contribution in [0.5, 0.6) is 5.75 Å². The van der Waals surface area contributed by atoms with E-state index in [2.05, 4.69) is 15.3 Å². The zero-order chi connectivity index (χ0) is 16.8. The molecule has 1 aromatic heterocycles. The Bertz CT molecular complexity index is 674. The van der Waals surface area contributed by atoms with E-state index in [-0.39, 0.29) is 17.7 Å². The summed E-state index contributed by atoms with van der Waals surface area (Å²) >= 11 is 0. The number of aromatic nitrogens is 2. The molecule has 0 saturated carbocycles. The summed E-state index contributed by atoms with van der Waals surface area (Å²) in [5.74, 6) is 0.150. The second kappa shape index (κ2) is 7.67. The summed E-state index contributed by atoms with van der Waals surface area (Å²) in [5.41, 5.74) is 1.03. The van der Waals surface area contributed by atoms with Crippen LogP contribution in [0.1, 0.15) is 48.6 Å². The minimum absolute atomic E-state index is 0.207. The van der Waals surface area contributed by atoms with Gasteiger partial charge in [-0.3, -0.25) is 4.79 Å². The summed E-state index contributed by atoms with van der Waals surface area (Å²) in [7, 11) is 0. The van der Waals surface area contributed by atoms with E-state index in [1.165, 1.54) is 18.5 Å². The first kappa shape index (κ1) is 16.9. The van der Waals surface area contributed by atoms with Crippen molar-refractivity contribution >= 4 is 5.91 Å². The Hall–Kier alpha value is -2.50. The Balaban J connectivity index is 2.06. The van der Waals surface area contributed by atoms with Crippen molar-refractivity contribution in [3.8, 4) is 5.75 Å². The summed E-state index contributed by atoms with van der Waals surface area (Å²) in [6.07, 6.45) is 3.70. The van der Waals surface area contributed by atoms with Crippen LogP contribution in [-0.2, 0) is 6.42 Å². The minimum atomic E-state index is -0.443. The maximum atomic E-state index is 13.9. The maximum absolute atomic E-state index is 13.9. The standard InChI is InChI=1S/C17H20FN3O2/c1-4-16-19-9-13(10-20-16)17(22)21-11(3)12-6-7-15(23-5-2)14(18)8-12/h6-11H,4-5H2,1-3H3,(H,21,22)/t11-/m1/s1. The van der Waals surface area contributed by atoms with Crippen molar-refractivity contribution in [2.24, 2.45) is 0 Å². The molecule has 1 amide bonds. The highest BCUT2D eigenvalue weighted by molar-refractivity contribution is 5.93. The quantitative estimate of drug-likeness (QED) is 0.889. The zero-order valence-corrected chi connectivity index (χ0v) is 13.5. The number of hydrogen-bond acceptors (Lipinski definition) is 4. The first-order valence-corrected chi connectivity index (χ1v) is 7.59. The molecular formula is C17H20FN3O2. The molecule has 23 heavy (non-hydrogen) atoms. The van der Waals surface area contributed by atoms with Gasteiger partial charge in [0.1, 0.15) is 5.82 Å². The third-order valence-electron chi connectivity index (χ3n) is 3.39. The predicted molar refractivity (Wildman–Crippen MR) is 84.9 cm³/mol. The number of carbonyl (C=O) groups is 1. The Morgan fingerprint density at radius 2 is 2.00 bits per heavy atom. The lowest BCUT2D eigenvalue weighted by Gasteiger charge is -2.15. The molecule has 0 fully saturated rings. The average Bonchev–Trinajstić information content (AvgIpc) is 2.56. The highest BCUT2D eigenvalue weighted by Gasteiger charge is 2.14. The molecule has 2 rings (SSSR count). The second-order valence-electron chi connectivity index (χ2n) is 5.06. The normalized spacial score (nSPS) is 11.8. The molecule has 1 N–H and O–H groups in total. The van der Waals surface area contributed by atoms with Crippen LogP contribution in [0, 0.1) is 5.82 Å². The van der Waals surface area contributed by atoms with E-state index in [4.69, 9.17) is 4.74 Å². The van der Waals surface area contributed by atoms with Crippen molar-refractivity contribution in [3.05, 3.63) is 53.4 Å². The van der Waals surface area contributed by atoms with E-state index in [0.717, 1.165) is 0 Å². The molecule has 5 nitrogen and oxygen atoms in total. The van der Waals surface area contributed by atoms with Crippen molar-refractivity contribution in [1.82, 2.24) is 15.3 Å². The molecule has 1 aromatic carbocycles. The Kier molecular flexibility index (Phi) is 5.62. The largest absolute Gasteiger partial charge is 0.491 e. The monoisotopic (exact) mass is 317 g/mol. The number of nitrogens with one attached hydrogen (secondary N) is 1. The molecule has 1 heterocycles. The van der Waals surface area contributed by atoms with Crippen LogP contribution in [0.4, 0.5) is 4.39 Å². The number of amides is 1. The third-order valence-corrected chi connectivity index (χ3v) is 3.39. The number of aryl methyl sites for hydroxylation is 1. The van der Waals surface area contributed by atoms with Crippen LogP contribution in [0.15, 0.2) is 30.6 Å². The summed E-state index contributed by atoms with van der Waals surface area (Å²) in [6, 6.07) is 4.32. The van der Waals surface area contributed by atoms with Gasteiger partial charge in [-0.1, -0.05) is 13.0 Å². The number of rotatable bonds is 6. The van der Waals surface area contributed by atoms with Crippen LogP contribution in [0.3, 0.4) is 0 Å². The minimum Gasteiger partial charge on any atom is -0.491 e. The van der Waals surface area contributed by atoms with Gasteiger partial charge in [-0.15, -0.1) is 0 Å². The highest BCUT2D eigenvalue weighted by Crippen LogP contribution is 2.22. The van der Waals surface area contributed by atoms with Gasteiger partial charge in [0.25, 0.3) is 5.91 Å². The van der Waals surface area contributed by atoms with Gasteiger partial charge in [0, 0.05) is 18.8 Å². The first-order chi connectivity index (χ1) is 11.0. The van der Waals surface area contributed by atoms with Gasteiger partial charge in [0.2, 0.25) is 0 Å². The van der Waals surface area contributed by atoms with Crippen molar-refractivity contribution in [3.63, 3.8) is 0 Å². The van der Waals surface area contributed by atoms with E-state index >= 15 is 0 Å². The van der Waals surface area contributed by atoms with Gasteiger partial charge in [-0.05, 0) is 31.5 Å². The molecule has 0 saturated heterocycles. The molecule has 1 atom stereocenters. The second-order valence-corrected chi connectivity index (χ2v) is 5.06. The topological polar surface area (TPSA) is 64.1 Å². The molecule has 2 aromatic rings. The van der Waals surface area contributed by atoms with E-state index in [9.17, 15) is 9.18 Å². The SMILES string of the molecule is CCOc1ccc([C@@H](C)NC(=O)c2cnc(CC)nc2)cc1F. The molecule has 0 aliphatic carbocycles. The van der Waals surface area contributed by atoms with Crippen molar-refractivity contribution in [1.29, 1.82) is 0 Å². The van der Waals surface area contributed by atoms with Crippen LogP contribution in [0.25, 0.3) is 0 Å². The van der Waals surface area contributed by atoms with Gasteiger partial charge in [0.05, 0.1) is 18.2 Å². The number of ether oxygens (including phenoxy) is 1. The van der Waals surface area contributed by atoms with Gasteiger partial charge < -0.3 is 10.1 Å². The fourth-order valence-electron chi connectivity index (χ4n) is 2.08. The Morgan fingerprint density at radius 1 is 1.30 bits per heavy atom. The fourth-order valence-corrected chi connectivity index (χ4v) is 2.08. The van der Waals surface area contributed by atoms with Gasteiger partial charge in [-0.2, -0.15) is 0 Å². The molecule has 0 bridgehead atoms. The molecule has 0 aliphatic rings. The number of benzene rings is 1. The summed E-state index contributed by atoms with van der Waals surface area (Å²) < 4.78 is 19.0. The molecule has 0 unspecified atom stereocenters. The number of halogens is 1. The number of carbonyl (C=O) groups excluding carboxylic acids is 1. The smallest absolute Gasteiger partial charge is 0.254 e. The van der Waals surface area contributed by atoms with Crippen molar-refractivity contribution in [2.45, 2.75) is 33.2 Å². The Labute approximate surface area is 134 Å². The van der Waals surface area contributed by atoms with Gasteiger partial charge in [0.15, 0.2) is 11.6 Å². The molecule has 0 radical (unpaired) electrons. The molecule has 6 heteroatoms. The molecular weight excluding hydrogens is 297 g/mol. The third kappa shape index (κ3) is 4.25. The van der Waals surface area contributed by atoms with Crippen LogP contribution in [0.2, 0.25) is 0 Å². The lowest BCUT2D eigenvalue weighted by atomic mass is 10.1. The fraction of sp³-hybridized carbons (Fsp3) is 0.353. The predicted octanol–water partition coefficient (Wildman–Crippen LogP) is 3.07. The lowest BCUT2D eigenvalue weighted by Crippen LogP contribution is -2.27. The van der Waals surface area contributed by atoms with E-state index in [1.807, 2.05) is 6.92 Å². The molecule has 0 spiro atoms. The Morgan fingerprint density at radius 3 is 2.57 bits per heavy atom. The highest BCUT2D eigenvalue weighted by atomic mass is 19.1. The number of nitrogens with zero attached hydrogens (tertiary/aromatic N) is 2. The molecule has 0 aliphatic heterocycles. The summed E-state index contributed by atoms with van der Waals surface area (Å²) in [5, 5.41) is 2.80. The summed E-state index contributed by atoms with van der Waals surface area (Å²) in [4.78, 5) is 20.4. The lowest BCUT2D eigenvalue weighted by molar-refractivity contribution is 0.0939. The van der Waals surface area contributed by atoms with Crippen molar-refractivity contribution < 1.29 is 13.9 Å². The molecule has 122 valence electrons. The van der Waals surface area contributed by atoms with Crippen LogP contribution < -0.4 is 10.1 Å². The average molecular weight is 317 g/mol. The first-order valence-electron chi connectivity index (χ1n) is 7.59. The maximum Gasteiger partial charge on any atom is 0.254 e. The van der Waals surface area contributed by atoms with E-state index in [0.29, 0.717) is 30.0 Å². The van der Waals surface area contributed by atoms with E-state index < -0.39 is 5.82 Å². The summed E-state index contributed by atoms with van der Waals surface area (Å²) in [6.45, 7) is 5.92. The van der Waals surface area contributed by atoms with Crippen molar-refractivity contribution in [2.75, 3.05) is 6.61 Å². The number of hydrogen-bond donors (Lipinski definition) is 1. The van der Waals surface area contributed by atoms with Gasteiger partial charge in [-0.25, -0.2) is 14.4 Å². The van der Waals surface area contributed by atoms with E-state index in [1.54, 1.807) is 26.0 Å². The van der Waals surface area contributed by atoms with Gasteiger partial charge >= 0.3 is 0 Å². The van der Waals surface area contributed by atoms with Crippen LogP contribution in [-0.4, -0.2) is 22.5 Å². The van der Waals surface area contributed by atoms with Crippen LogP contribution >= 0.6 is 0 Å². The zero-order valence-electron chi connectivity index (χ0n) is 13.5.